The minimum Gasteiger partial charge on any atom is -0.0620 e. The zero-order chi connectivity index (χ0) is 12.1. The van der Waals surface area contributed by atoms with Crippen LogP contribution in [0.15, 0.2) is 0 Å². The first-order valence-corrected chi connectivity index (χ1v) is 8.81. The summed E-state index contributed by atoms with van der Waals surface area (Å²) in [5, 5.41) is 0. The van der Waals surface area contributed by atoms with Crippen molar-refractivity contribution in [1.82, 2.24) is 0 Å². The molecule has 0 aromatic rings. The van der Waals surface area contributed by atoms with Gasteiger partial charge in [0.1, 0.15) is 0 Å². The highest BCUT2D eigenvalue weighted by molar-refractivity contribution is 4.95. The van der Waals surface area contributed by atoms with Crippen LogP contribution in [0, 0.1) is 41.4 Å². The lowest BCUT2D eigenvalue weighted by molar-refractivity contribution is -0.0135. The van der Waals surface area contributed by atoms with Crippen LogP contribution in [0.3, 0.4) is 0 Å². The fourth-order valence-electron chi connectivity index (χ4n) is 6.46. The molecular weight excluding hydrogens is 216 g/mol. The van der Waals surface area contributed by atoms with Crippen LogP contribution in [0.2, 0.25) is 0 Å². The molecule has 18 heavy (non-hydrogen) atoms. The highest BCUT2D eigenvalue weighted by Crippen LogP contribution is 2.54. The summed E-state index contributed by atoms with van der Waals surface area (Å²) in [6, 6.07) is 0. The third-order valence-electron chi connectivity index (χ3n) is 7.56. The van der Waals surface area contributed by atoms with E-state index in [1.807, 2.05) is 0 Å². The van der Waals surface area contributed by atoms with Crippen LogP contribution >= 0.6 is 0 Å². The van der Waals surface area contributed by atoms with Crippen molar-refractivity contribution in [3.63, 3.8) is 0 Å². The Morgan fingerprint density at radius 1 is 0.611 bits per heavy atom. The molecule has 0 heteroatoms. The zero-order valence-corrected chi connectivity index (χ0v) is 12.1. The van der Waals surface area contributed by atoms with Crippen molar-refractivity contribution in [3.05, 3.63) is 0 Å². The van der Waals surface area contributed by atoms with E-state index in [0.29, 0.717) is 0 Å². The largest absolute Gasteiger partial charge is 0.0620 e. The summed E-state index contributed by atoms with van der Waals surface area (Å²) in [5.41, 5.74) is 0. The van der Waals surface area contributed by atoms with Gasteiger partial charge < -0.3 is 0 Å². The van der Waals surface area contributed by atoms with Crippen molar-refractivity contribution in [2.45, 2.75) is 71.1 Å². The maximum atomic E-state index is 2.65. The molecule has 0 radical (unpaired) electrons. The molecule has 4 bridgehead atoms. The topological polar surface area (TPSA) is 0 Å². The van der Waals surface area contributed by atoms with Crippen molar-refractivity contribution >= 4 is 0 Å². The van der Waals surface area contributed by atoms with Crippen molar-refractivity contribution < 1.29 is 0 Å². The van der Waals surface area contributed by atoms with Gasteiger partial charge in [-0.2, -0.15) is 0 Å². The average Bonchev–Trinajstić information content (AvgIpc) is 2.49. The Morgan fingerprint density at radius 3 is 1.28 bits per heavy atom. The van der Waals surface area contributed by atoms with Crippen molar-refractivity contribution in [2.75, 3.05) is 0 Å². The van der Waals surface area contributed by atoms with Gasteiger partial charge in [0.15, 0.2) is 0 Å². The van der Waals surface area contributed by atoms with E-state index >= 15 is 0 Å². The molecule has 0 spiro atoms. The molecule has 0 aromatic heterocycles. The average molecular weight is 246 g/mol. The fourth-order valence-corrected chi connectivity index (χ4v) is 6.46. The van der Waals surface area contributed by atoms with Crippen molar-refractivity contribution in [3.8, 4) is 0 Å². The van der Waals surface area contributed by atoms with Crippen LogP contribution in [0.4, 0.5) is 0 Å². The molecule has 6 fully saturated rings. The Morgan fingerprint density at radius 2 is 1.00 bits per heavy atom. The highest BCUT2D eigenvalue weighted by Gasteiger charge is 2.44. The molecule has 0 amide bonds. The highest BCUT2D eigenvalue weighted by atomic mass is 14.5. The molecule has 2 atom stereocenters. The molecule has 0 aliphatic heterocycles. The molecule has 0 saturated heterocycles. The molecule has 0 aromatic carbocycles. The van der Waals surface area contributed by atoms with Gasteiger partial charge in [-0.25, -0.2) is 0 Å². The minimum atomic E-state index is 1.06. The SMILES string of the molecule is CC(C1CC2CCC1CC2)C1CC2CCC1CC2. The summed E-state index contributed by atoms with van der Waals surface area (Å²) in [6.45, 7) is 2.65. The molecule has 6 saturated carbocycles. The monoisotopic (exact) mass is 246 g/mol. The number of hydrogen-bond donors (Lipinski definition) is 0. The summed E-state index contributed by atoms with van der Waals surface area (Å²) >= 11 is 0. The van der Waals surface area contributed by atoms with Gasteiger partial charge in [-0.15, -0.1) is 0 Å². The van der Waals surface area contributed by atoms with Crippen molar-refractivity contribution in [1.29, 1.82) is 0 Å². The first-order valence-electron chi connectivity index (χ1n) is 8.81. The van der Waals surface area contributed by atoms with E-state index in [2.05, 4.69) is 6.92 Å². The number of rotatable bonds is 2. The normalized spacial score (nSPS) is 52.5. The number of fused-ring (bicyclic) bond motifs is 6. The van der Waals surface area contributed by atoms with Gasteiger partial charge >= 0.3 is 0 Å². The summed E-state index contributed by atoms with van der Waals surface area (Å²) in [5.74, 6) is 7.83. The fraction of sp³-hybridized carbons (Fsp3) is 1.00. The molecule has 2 unspecified atom stereocenters. The summed E-state index contributed by atoms with van der Waals surface area (Å²) < 4.78 is 0. The van der Waals surface area contributed by atoms with Crippen LogP contribution in [0.25, 0.3) is 0 Å². The second-order valence-electron chi connectivity index (χ2n) is 8.22. The summed E-state index contributed by atoms with van der Waals surface area (Å²) in [7, 11) is 0. The first-order chi connectivity index (χ1) is 8.81. The molecule has 0 heterocycles. The smallest absolute Gasteiger partial charge is 0.0355 e. The maximum Gasteiger partial charge on any atom is -0.0355 e. The molecule has 6 rings (SSSR count). The van der Waals surface area contributed by atoms with Gasteiger partial charge in [-0.1, -0.05) is 32.6 Å². The van der Waals surface area contributed by atoms with E-state index in [4.69, 9.17) is 0 Å². The van der Waals surface area contributed by atoms with E-state index < -0.39 is 0 Å². The van der Waals surface area contributed by atoms with E-state index in [1.165, 1.54) is 0 Å². The maximum absolute atomic E-state index is 2.65. The van der Waals surface area contributed by atoms with Crippen LogP contribution < -0.4 is 0 Å². The predicted octanol–water partition coefficient (Wildman–Crippen LogP) is 5.28. The first kappa shape index (κ1) is 11.8. The second-order valence-corrected chi connectivity index (χ2v) is 8.22. The van der Waals surface area contributed by atoms with Gasteiger partial charge in [0.05, 0.1) is 0 Å². The van der Waals surface area contributed by atoms with Gasteiger partial charge in [-0.05, 0) is 80.0 Å². The van der Waals surface area contributed by atoms with Gasteiger partial charge in [-0.3, -0.25) is 0 Å². The molecule has 6 aliphatic carbocycles. The van der Waals surface area contributed by atoms with Crippen molar-refractivity contribution in [2.24, 2.45) is 41.4 Å². The Balaban J connectivity index is 1.48. The van der Waals surface area contributed by atoms with Gasteiger partial charge in [0, 0.05) is 0 Å². The number of hydrogen-bond acceptors (Lipinski definition) is 0. The summed E-state index contributed by atoms with van der Waals surface area (Å²) in [6.07, 6.45) is 15.9. The molecule has 102 valence electrons. The standard InChI is InChI=1S/C18H30/c1-12(17-10-13-2-6-15(17)7-3-13)18-11-14-4-8-16(18)9-5-14/h12-18H,2-11H2,1H3. The molecule has 6 aliphatic rings. The Kier molecular flexibility index (Phi) is 2.97. The second kappa shape index (κ2) is 4.53. The third kappa shape index (κ3) is 1.86. The van der Waals surface area contributed by atoms with Gasteiger partial charge in [0.25, 0.3) is 0 Å². The van der Waals surface area contributed by atoms with E-state index in [1.54, 1.807) is 64.2 Å². The lowest BCUT2D eigenvalue weighted by Crippen LogP contribution is -2.42. The van der Waals surface area contributed by atoms with E-state index in [9.17, 15) is 0 Å². The van der Waals surface area contributed by atoms with Crippen LogP contribution in [-0.4, -0.2) is 0 Å². The molecule has 0 nitrogen and oxygen atoms in total. The van der Waals surface area contributed by atoms with Gasteiger partial charge in [0.2, 0.25) is 0 Å². The van der Waals surface area contributed by atoms with Crippen LogP contribution in [0.1, 0.15) is 71.1 Å². The van der Waals surface area contributed by atoms with Crippen LogP contribution in [-0.2, 0) is 0 Å². The minimum absolute atomic E-state index is 1.06. The molecule has 0 N–H and O–H groups in total. The summed E-state index contributed by atoms with van der Waals surface area (Å²) in [4.78, 5) is 0. The lowest BCUT2D eigenvalue weighted by atomic mass is 9.54. The lowest BCUT2D eigenvalue weighted by Gasteiger charge is -2.51. The third-order valence-corrected chi connectivity index (χ3v) is 7.56. The quantitative estimate of drug-likeness (QED) is 0.622. The predicted molar refractivity (Wildman–Crippen MR) is 76.3 cm³/mol. The van der Waals surface area contributed by atoms with E-state index in [0.717, 1.165) is 41.4 Å². The Labute approximate surface area is 113 Å². The van der Waals surface area contributed by atoms with Crippen LogP contribution in [0.5, 0.6) is 0 Å². The Bertz CT molecular complexity index is 261. The van der Waals surface area contributed by atoms with E-state index in [-0.39, 0.29) is 0 Å². The Hall–Kier alpha value is 0. The molecular formula is C18H30. The zero-order valence-electron chi connectivity index (χ0n) is 12.1.